The SMILES string of the molecule is CCOC(=O)c1csc(-c2cc(-c3cccc(Br)c3)[nH]c2Oc2ccccc2)n1. The van der Waals surface area contributed by atoms with Gasteiger partial charge in [0.05, 0.1) is 12.2 Å². The summed E-state index contributed by atoms with van der Waals surface area (Å²) in [6.07, 6.45) is 0. The highest BCUT2D eigenvalue weighted by molar-refractivity contribution is 9.10. The van der Waals surface area contributed by atoms with E-state index in [2.05, 4.69) is 25.9 Å². The van der Waals surface area contributed by atoms with Gasteiger partial charge < -0.3 is 14.5 Å². The van der Waals surface area contributed by atoms with Gasteiger partial charge in [0.2, 0.25) is 5.88 Å². The van der Waals surface area contributed by atoms with Crippen molar-refractivity contribution in [2.45, 2.75) is 6.92 Å². The summed E-state index contributed by atoms with van der Waals surface area (Å²) in [5.41, 5.74) is 2.97. The largest absolute Gasteiger partial charge is 0.461 e. The highest BCUT2D eigenvalue weighted by Crippen LogP contribution is 2.38. The van der Waals surface area contributed by atoms with Crippen molar-refractivity contribution >= 4 is 33.2 Å². The van der Waals surface area contributed by atoms with Gasteiger partial charge in [0.15, 0.2) is 5.69 Å². The number of nitrogens with zero attached hydrogens (tertiary/aromatic N) is 1. The van der Waals surface area contributed by atoms with Crippen molar-refractivity contribution in [3.05, 3.63) is 76.2 Å². The Morgan fingerprint density at radius 3 is 2.72 bits per heavy atom. The zero-order valence-corrected chi connectivity index (χ0v) is 17.9. The number of nitrogens with one attached hydrogen (secondary N) is 1. The van der Waals surface area contributed by atoms with E-state index < -0.39 is 5.97 Å². The normalized spacial score (nSPS) is 10.7. The van der Waals surface area contributed by atoms with Gasteiger partial charge in [-0.25, -0.2) is 9.78 Å². The number of H-pyrrole nitrogens is 1. The van der Waals surface area contributed by atoms with E-state index in [1.165, 1.54) is 11.3 Å². The average molecular weight is 469 g/mol. The molecule has 2 aromatic carbocycles. The van der Waals surface area contributed by atoms with Crippen LogP contribution in [0.5, 0.6) is 11.6 Å². The minimum atomic E-state index is -0.428. The minimum absolute atomic E-state index is 0.294. The smallest absolute Gasteiger partial charge is 0.357 e. The zero-order chi connectivity index (χ0) is 20.2. The monoisotopic (exact) mass is 468 g/mol. The third-order valence-electron chi connectivity index (χ3n) is 4.10. The summed E-state index contributed by atoms with van der Waals surface area (Å²) >= 11 is 4.88. The number of carbonyl (C=O) groups excluding carboxylic acids is 1. The number of halogens is 1. The molecule has 0 radical (unpaired) electrons. The molecule has 4 aromatic rings. The lowest BCUT2D eigenvalue weighted by atomic mass is 10.1. The van der Waals surface area contributed by atoms with Gasteiger partial charge in [-0.1, -0.05) is 46.3 Å². The molecule has 0 atom stereocenters. The number of aromatic amines is 1. The Kier molecular flexibility index (Phi) is 5.78. The molecule has 0 aliphatic heterocycles. The first-order valence-corrected chi connectivity index (χ1v) is 10.7. The number of rotatable bonds is 6. The lowest BCUT2D eigenvalue weighted by molar-refractivity contribution is 0.0520. The summed E-state index contributed by atoms with van der Waals surface area (Å²) < 4.78 is 12.1. The first-order chi connectivity index (χ1) is 14.1. The van der Waals surface area contributed by atoms with Gasteiger partial charge >= 0.3 is 5.97 Å². The van der Waals surface area contributed by atoms with E-state index in [4.69, 9.17) is 9.47 Å². The molecular weight excluding hydrogens is 452 g/mol. The van der Waals surface area contributed by atoms with Crippen molar-refractivity contribution in [1.29, 1.82) is 0 Å². The van der Waals surface area contributed by atoms with Gasteiger partial charge in [-0.2, -0.15) is 0 Å². The highest BCUT2D eigenvalue weighted by Gasteiger charge is 2.19. The Bertz CT molecular complexity index is 1140. The molecule has 2 heterocycles. The Balaban J connectivity index is 1.75. The average Bonchev–Trinajstić information content (AvgIpc) is 3.36. The number of aromatic nitrogens is 2. The van der Waals surface area contributed by atoms with Crippen LogP contribution < -0.4 is 4.74 Å². The van der Waals surface area contributed by atoms with E-state index in [0.717, 1.165) is 21.3 Å². The lowest BCUT2D eigenvalue weighted by Crippen LogP contribution is -2.04. The molecule has 0 fully saturated rings. The second kappa shape index (κ2) is 8.63. The predicted octanol–water partition coefficient (Wildman–Crippen LogP) is 6.54. The van der Waals surface area contributed by atoms with Crippen LogP contribution in [0.15, 0.2) is 70.5 Å². The number of para-hydroxylation sites is 1. The Morgan fingerprint density at radius 2 is 1.97 bits per heavy atom. The zero-order valence-electron chi connectivity index (χ0n) is 15.5. The topological polar surface area (TPSA) is 64.2 Å². The fraction of sp³-hybridized carbons (Fsp3) is 0.0909. The molecule has 146 valence electrons. The number of hydrogen-bond donors (Lipinski definition) is 1. The summed E-state index contributed by atoms with van der Waals surface area (Å²) in [5, 5.41) is 2.38. The fourth-order valence-corrected chi connectivity index (χ4v) is 3.99. The summed E-state index contributed by atoms with van der Waals surface area (Å²) in [5.74, 6) is 0.845. The van der Waals surface area contributed by atoms with Crippen molar-refractivity contribution in [3.8, 4) is 33.5 Å². The van der Waals surface area contributed by atoms with E-state index in [-0.39, 0.29) is 0 Å². The van der Waals surface area contributed by atoms with Gasteiger partial charge in [-0.05, 0) is 42.8 Å². The first-order valence-electron chi connectivity index (χ1n) is 8.99. The van der Waals surface area contributed by atoms with E-state index in [1.807, 2.05) is 60.7 Å². The standard InChI is InChI=1S/C22H17BrN2O3S/c1-2-27-22(26)19-13-29-21(25-19)17-12-18(14-7-6-8-15(23)11-14)24-20(17)28-16-9-4-3-5-10-16/h3-13,24H,2H2,1H3. The molecule has 0 aliphatic rings. The quantitative estimate of drug-likeness (QED) is 0.326. The maximum atomic E-state index is 12.0. The van der Waals surface area contributed by atoms with Crippen LogP contribution in [0.4, 0.5) is 0 Å². The van der Waals surface area contributed by atoms with Gasteiger partial charge in [0.25, 0.3) is 0 Å². The van der Waals surface area contributed by atoms with Crippen LogP contribution in [0.3, 0.4) is 0 Å². The molecule has 0 saturated heterocycles. The van der Waals surface area contributed by atoms with Crippen LogP contribution in [0.1, 0.15) is 17.4 Å². The van der Waals surface area contributed by atoms with Crippen molar-refractivity contribution in [3.63, 3.8) is 0 Å². The summed E-state index contributed by atoms with van der Waals surface area (Å²) in [7, 11) is 0. The second-order valence-electron chi connectivity index (χ2n) is 6.11. The molecule has 0 spiro atoms. The molecule has 4 rings (SSSR count). The summed E-state index contributed by atoms with van der Waals surface area (Å²) in [4.78, 5) is 19.8. The third-order valence-corrected chi connectivity index (χ3v) is 5.47. The van der Waals surface area contributed by atoms with E-state index >= 15 is 0 Å². The number of benzene rings is 2. The second-order valence-corrected chi connectivity index (χ2v) is 7.88. The van der Waals surface area contributed by atoms with Crippen LogP contribution in [-0.2, 0) is 4.74 Å². The molecule has 0 saturated carbocycles. The summed E-state index contributed by atoms with van der Waals surface area (Å²) in [6.45, 7) is 2.08. The van der Waals surface area contributed by atoms with Gasteiger partial charge in [0.1, 0.15) is 10.8 Å². The third kappa shape index (κ3) is 4.41. The van der Waals surface area contributed by atoms with Gasteiger partial charge in [-0.3, -0.25) is 0 Å². The number of carbonyl (C=O) groups is 1. The minimum Gasteiger partial charge on any atom is -0.461 e. The van der Waals surface area contributed by atoms with E-state index in [0.29, 0.717) is 28.9 Å². The molecular formula is C22H17BrN2O3S. The maximum Gasteiger partial charge on any atom is 0.357 e. The van der Waals surface area contributed by atoms with Gasteiger partial charge in [0, 0.05) is 15.5 Å². The highest BCUT2D eigenvalue weighted by atomic mass is 79.9. The lowest BCUT2D eigenvalue weighted by Gasteiger charge is -2.05. The molecule has 0 amide bonds. The molecule has 5 nitrogen and oxygen atoms in total. The Labute approximate surface area is 180 Å². The van der Waals surface area contributed by atoms with Gasteiger partial charge in [-0.15, -0.1) is 11.3 Å². The molecule has 0 aliphatic carbocycles. The molecule has 7 heteroatoms. The van der Waals surface area contributed by atoms with Crippen molar-refractivity contribution in [1.82, 2.24) is 9.97 Å². The van der Waals surface area contributed by atoms with Crippen molar-refractivity contribution in [2.24, 2.45) is 0 Å². The summed E-state index contributed by atoms with van der Waals surface area (Å²) in [6, 6.07) is 19.5. The molecule has 0 unspecified atom stereocenters. The fourth-order valence-electron chi connectivity index (χ4n) is 2.79. The maximum absolute atomic E-state index is 12.0. The Hall–Kier alpha value is -2.90. The van der Waals surface area contributed by atoms with Crippen LogP contribution in [0.2, 0.25) is 0 Å². The van der Waals surface area contributed by atoms with Crippen molar-refractivity contribution in [2.75, 3.05) is 6.61 Å². The van der Waals surface area contributed by atoms with Crippen LogP contribution in [0.25, 0.3) is 21.8 Å². The Morgan fingerprint density at radius 1 is 1.14 bits per heavy atom. The molecule has 1 N–H and O–H groups in total. The van der Waals surface area contributed by atoms with Crippen molar-refractivity contribution < 1.29 is 14.3 Å². The van der Waals surface area contributed by atoms with E-state index in [1.54, 1.807) is 12.3 Å². The number of ether oxygens (including phenoxy) is 2. The molecule has 29 heavy (non-hydrogen) atoms. The van der Waals surface area contributed by atoms with Crippen LogP contribution in [-0.4, -0.2) is 22.5 Å². The first kappa shape index (κ1) is 19.4. The molecule has 0 bridgehead atoms. The van der Waals surface area contributed by atoms with E-state index in [9.17, 15) is 4.79 Å². The number of hydrogen-bond acceptors (Lipinski definition) is 5. The van der Waals surface area contributed by atoms with Crippen LogP contribution in [0, 0.1) is 0 Å². The van der Waals surface area contributed by atoms with Crippen LogP contribution >= 0.6 is 27.3 Å². The predicted molar refractivity (Wildman–Crippen MR) is 118 cm³/mol. The molecule has 2 aromatic heterocycles. The number of thiazole rings is 1. The number of esters is 1.